The number of carbonyl (C=O) groups is 3. The van der Waals surface area contributed by atoms with E-state index in [0.29, 0.717) is 43.3 Å². The van der Waals surface area contributed by atoms with Crippen LogP contribution in [0.25, 0.3) is 11.1 Å². The Morgan fingerprint density at radius 2 is 1.13 bits per heavy atom. The van der Waals surface area contributed by atoms with Crippen molar-refractivity contribution in [3.63, 3.8) is 0 Å². The Bertz CT molecular complexity index is 1410. The molecule has 1 amide bonds. The summed E-state index contributed by atoms with van der Waals surface area (Å²) < 4.78 is 0. The number of ketones is 2. The quantitative estimate of drug-likeness (QED) is 0.163. The molecule has 2 aliphatic carbocycles. The van der Waals surface area contributed by atoms with Crippen LogP contribution in [0.3, 0.4) is 0 Å². The van der Waals surface area contributed by atoms with E-state index < -0.39 is 11.3 Å². The summed E-state index contributed by atoms with van der Waals surface area (Å²) in [7, 11) is 0. The first-order chi connectivity index (χ1) is 21.4. The van der Waals surface area contributed by atoms with Crippen molar-refractivity contribution in [2.45, 2.75) is 121 Å². The average molecular weight is 632 g/mol. The van der Waals surface area contributed by atoms with Gasteiger partial charge in [-0.15, -0.1) is 4.91 Å². The molecule has 6 heteroatoms. The Morgan fingerprint density at radius 3 is 1.52 bits per heavy atom. The Hall–Kier alpha value is -3.25. The Balaban J connectivity index is 0.00000361. The van der Waals surface area contributed by atoms with E-state index in [9.17, 15) is 24.4 Å². The highest BCUT2D eigenvalue weighted by atomic mass is 16.3. The molecule has 0 aromatic heterocycles. The minimum atomic E-state index is -0.812. The zero-order valence-corrected chi connectivity index (χ0v) is 30.0. The van der Waals surface area contributed by atoms with Crippen LogP contribution in [-0.2, 0) is 14.4 Å². The van der Waals surface area contributed by atoms with E-state index in [1.807, 2.05) is 56.3 Å². The molecule has 0 unspecified atom stereocenters. The van der Waals surface area contributed by atoms with Crippen LogP contribution in [0.1, 0.15) is 132 Å². The molecule has 0 atom stereocenters. The van der Waals surface area contributed by atoms with Crippen LogP contribution in [0.15, 0.2) is 64.9 Å². The first-order valence-corrected chi connectivity index (χ1v) is 17.0. The van der Waals surface area contributed by atoms with E-state index in [2.05, 4.69) is 52.8 Å². The Labute approximate surface area is 277 Å². The summed E-state index contributed by atoms with van der Waals surface area (Å²) in [5.41, 5.74) is 2.70. The molecule has 252 valence electrons. The smallest absolute Gasteiger partial charge is 0.291 e. The normalized spacial score (nSPS) is 17.6. The second kappa shape index (κ2) is 16.0. The molecule has 1 aromatic carbocycles. The van der Waals surface area contributed by atoms with Crippen molar-refractivity contribution in [2.75, 3.05) is 6.61 Å². The number of aliphatic hydroxyl groups is 1. The van der Waals surface area contributed by atoms with Gasteiger partial charge in [-0.2, -0.15) is 0 Å². The number of nitroso groups, excluding NO2 is 1. The highest BCUT2D eigenvalue weighted by molar-refractivity contribution is 6.34. The number of unbranched alkanes of at least 4 members (excludes halogenated alkanes) is 2. The van der Waals surface area contributed by atoms with E-state index in [1.54, 1.807) is 13.8 Å². The number of aliphatic hydroxyl groups excluding tert-OH is 1. The summed E-state index contributed by atoms with van der Waals surface area (Å²) in [5, 5.41) is 12.2. The fraction of sp³-hybridized carbons (Fsp3) is 0.575. The number of hydrogen-bond acceptors (Lipinski definition) is 5. The molecule has 0 saturated heterocycles. The minimum absolute atomic E-state index is 0.0130. The van der Waals surface area contributed by atoms with Crippen LogP contribution in [-0.4, -0.2) is 29.2 Å². The molecule has 1 N–H and O–H groups in total. The molecule has 0 saturated carbocycles. The average Bonchev–Trinajstić information content (AvgIpc) is 3.00. The van der Waals surface area contributed by atoms with Crippen LogP contribution in [0.2, 0.25) is 0 Å². The van der Waals surface area contributed by atoms with Gasteiger partial charge in [-0.25, -0.2) is 0 Å². The van der Waals surface area contributed by atoms with E-state index in [1.165, 1.54) is 0 Å². The van der Waals surface area contributed by atoms with Gasteiger partial charge in [0.15, 0.2) is 11.6 Å². The van der Waals surface area contributed by atoms with Crippen molar-refractivity contribution in [3.8, 4) is 0 Å². The van der Waals surface area contributed by atoms with Crippen LogP contribution < -0.4 is 0 Å². The number of rotatable bonds is 14. The van der Waals surface area contributed by atoms with Gasteiger partial charge in [0.2, 0.25) is 0 Å². The van der Waals surface area contributed by atoms with E-state index in [0.717, 1.165) is 41.5 Å². The number of carbonyl (C=O) groups excluding carboxylic acids is 3. The molecule has 0 fully saturated rings. The summed E-state index contributed by atoms with van der Waals surface area (Å²) >= 11 is 0. The molecule has 2 aliphatic rings. The molecule has 0 bridgehead atoms. The highest BCUT2D eigenvalue weighted by Crippen LogP contribution is 2.42. The number of Topliss-reactive ketones (excluding diaryl/α,β-unsaturated/α-hetero) is 2. The van der Waals surface area contributed by atoms with E-state index >= 15 is 0 Å². The summed E-state index contributed by atoms with van der Waals surface area (Å²) in [6, 6.07) is 7.72. The van der Waals surface area contributed by atoms with Crippen molar-refractivity contribution in [1.82, 2.24) is 0 Å². The number of benzene rings is 1. The maximum absolute atomic E-state index is 14.0. The summed E-state index contributed by atoms with van der Waals surface area (Å²) in [4.78, 5) is 50.5. The lowest BCUT2D eigenvalue weighted by Gasteiger charge is -2.29. The van der Waals surface area contributed by atoms with Crippen molar-refractivity contribution in [2.24, 2.45) is 26.8 Å². The molecule has 0 radical (unpaired) electrons. The SMILES string of the molecule is CC.CC1(C)C=C(CCCCC(C)(C)CO)C(=O)C(c2ccccc2C2=CC(C)(C)C=C(CCCCC(C)(C)C(=O)N=O)C2=O)=C1. The largest absolute Gasteiger partial charge is 0.396 e. The molecule has 0 aliphatic heterocycles. The zero-order chi connectivity index (χ0) is 34.9. The van der Waals surface area contributed by atoms with Gasteiger partial charge in [0.25, 0.3) is 5.91 Å². The number of nitrogens with zero attached hydrogens (tertiary/aromatic N) is 1. The molecular weight excluding hydrogens is 574 g/mol. The maximum atomic E-state index is 14.0. The van der Waals surface area contributed by atoms with Crippen LogP contribution >= 0.6 is 0 Å². The lowest BCUT2D eigenvalue weighted by molar-refractivity contribution is -0.126. The molecule has 1 aromatic rings. The lowest BCUT2D eigenvalue weighted by Crippen LogP contribution is -2.22. The molecule has 46 heavy (non-hydrogen) atoms. The fourth-order valence-corrected chi connectivity index (χ4v) is 6.17. The lowest BCUT2D eigenvalue weighted by atomic mass is 9.73. The second-order valence-electron chi connectivity index (χ2n) is 15.3. The first-order valence-electron chi connectivity index (χ1n) is 17.0. The number of hydrogen-bond donors (Lipinski definition) is 1. The third kappa shape index (κ3) is 10.4. The van der Waals surface area contributed by atoms with Gasteiger partial charge in [0.05, 0.1) is 0 Å². The van der Waals surface area contributed by atoms with Gasteiger partial charge in [-0.1, -0.05) is 131 Å². The van der Waals surface area contributed by atoms with Gasteiger partial charge in [-0.05, 0) is 66.2 Å². The van der Waals surface area contributed by atoms with Gasteiger partial charge in [0.1, 0.15) is 0 Å². The standard InChI is InChI=1S/C38H51NO5.C2H6/c1-35(2,25-40)19-13-11-15-26-21-36(3,4)23-30(32(26)41)28-17-9-10-18-29(28)31-24-37(5,6)22-27(33(31)42)16-12-14-20-38(7,8)34(43)39-44;1-2/h9-10,17-18,21-24,40H,11-16,19-20,25H2,1-8H3;1-2H3. The number of amides is 1. The van der Waals surface area contributed by atoms with Crippen molar-refractivity contribution < 1.29 is 19.5 Å². The third-order valence-electron chi connectivity index (χ3n) is 8.84. The van der Waals surface area contributed by atoms with E-state index in [4.69, 9.17) is 0 Å². The first kappa shape index (κ1) is 38.9. The van der Waals surface area contributed by atoms with Crippen molar-refractivity contribution >= 4 is 28.6 Å². The highest BCUT2D eigenvalue weighted by Gasteiger charge is 2.33. The molecule has 0 heterocycles. The topological polar surface area (TPSA) is 101 Å². The van der Waals surface area contributed by atoms with Crippen molar-refractivity contribution in [1.29, 1.82) is 0 Å². The van der Waals surface area contributed by atoms with Gasteiger partial charge in [0, 0.05) is 39.2 Å². The summed E-state index contributed by atoms with van der Waals surface area (Å²) in [5.74, 6) is -0.669. The zero-order valence-electron chi connectivity index (χ0n) is 30.0. The summed E-state index contributed by atoms with van der Waals surface area (Å²) in [6.07, 6.45) is 14.0. The van der Waals surface area contributed by atoms with Crippen molar-refractivity contribution in [3.05, 3.63) is 75.7 Å². The Kier molecular flexibility index (Phi) is 13.6. The third-order valence-corrected chi connectivity index (χ3v) is 8.84. The van der Waals surface area contributed by atoms with E-state index in [-0.39, 0.29) is 34.4 Å². The van der Waals surface area contributed by atoms with Gasteiger partial charge >= 0.3 is 0 Å². The second-order valence-corrected chi connectivity index (χ2v) is 15.3. The monoisotopic (exact) mass is 631 g/mol. The van der Waals surface area contributed by atoms with Crippen LogP contribution in [0.5, 0.6) is 0 Å². The predicted octanol–water partition coefficient (Wildman–Crippen LogP) is 10.0. The van der Waals surface area contributed by atoms with Gasteiger partial charge in [-0.3, -0.25) is 14.4 Å². The molecule has 3 rings (SSSR count). The maximum Gasteiger partial charge on any atom is 0.291 e. The van der Waals surface area contributed by atoms with Crippen LogP contribution in [0.4, 0.5) is 0 Å². The van der Waals surface area contributed by atoms with Crippen LogP contribution in [0, 0.1) is 26.6 Å². The predicted molar refractivity (Wildman–Crippen MR) is 190 cm³/mol. The minimum Gasteiger partial charge on any atom is -0.396 e. The van der Waals surface area contributed by atoms with Gasteiger partial charge < -0.3 is 5.11 Å². The number of allylic oxidation sites excluding steroid dienone is 8. The Morgan fingerprint density at radius 1 is 0.717 bits per heavy atom. The fourth-order valence-electron chi connectivity index (χ4n) is 6.17. The molecule has 0 spiro atoms. The summed E-state index contributed by atoms with van der Waals surface area (Å²) in [6.45, 7) is 20.1. The molecule has 6 nitrogen and oxygen atoms in total. The molecular formula is C40H57NO5.